The Kier molecular flexibility index (Phi) is 5.34. The lowest BCUT2D eigenvalue weighted by Crippen LogP contribution is -2.21. The lowest BCUT2D eigenvalue weighted by atomic mass is 9.83. The molecule has 2 heterocycles. The highest BCUT2D eigenvalue weighted by molar-refractivity contribution is 7.90. The Bertz CT molecular complexity index is 1680. The Morgan fingerprint density at radius 2 is 1.67 bits per heavy atom. The maximum absolute atomic E-state index is 13.3. The zero-order chi connectivity index (χ0) is 25.8. The molecular weight excluding hydrogens is 491 g/mol. The number of rotatable bonds is 3. The van der Waals surface area contributed by atoms with E-state index in [1.807, 2.05) is 13.0 Å². The van der Waals surface area contributed by atoms with E-state index in [9.17, 15) is 26.9 Å². The van der Waals surface area contributed by atoms with E-state index >= 15 is 0 Å². The largest absolute Gasteiger partial charge is 0.439 e. The van der Waals surface area contributed by atoms with Gasteiger partial charge in [-0.25, -0.2) is 12.4 Å². The average Bonchev–Trinajstić information content (AvgIpc) is 3.29. The predicted octanol–water partition coefficient (Wildman–Crippen LogP) is 5.42. The van der Waals surface area contributed by atoms with Gasteiger partial charge in [0.05, 0.1) is 21.9 Å². The highest BCUT2D eigenvalue weighted by Crippen LogP contribution is 2.46. The van der Waals surface area contributed by atoms with Crippen LogP contribution in [0.25, 0.3) is 10.9 Å². The number of alkyl halides is 3. The summed E-state index contributed by atoms with van der Waals surface area (Å²) >= 11 is 0. The average molecular weight is 510 g/mol. The Labute approximate surface area is 204 Å². The van der Waals surface area contributed by atoms with Gasteiger partial charge in [0.25, 0.3) is 10.0 Å². The summed E-state index contributed by atoms with van der Waals surface area (Å²) in [6.45, 7) is 1.85. The van der Waals surface area contributed by atoms with Crippen molar-refractivity contribution in [3.05, 3.63) is 107 Å². The number of aryl methyl sites for hydroxylation is 1. The molecule has 182 valence electrons. The lowest BCUT2D eigenvalue weighted by Gasteiger charge is -2.27. The molecule has 5 rings (SSSR count). The third kappa shape index (κ3) is 3.69. The van der Waals surface area contributed by atoms with Crippen LogP contribution in [0.5, 0.6) is 5.75 Å². The Morgan fingerprint density at radius 1 is 1.00 bits per heavy atom. The molecule has 0 radical (unpaired) electrons. The molecule has 3 aromatic carbocycles. The minimum atomic E-state index is -4.50. The van der Waals surface area contributed by atoms with Gasteiger partial charge in [0.1, 0.15) is 17.4 Å². The number of hydrogen-bond donors (Lipinski definition) is 1. The van der Waals surface area contributed by atoms with Crippen LogP contribution in [0.4, 0.5) is 13.2 Å². The van der Waals surface area contributed by atoms with E-state index in [0.717, 1.165) is 21.7 Å². The maximum Gasteiger partial charge on any atom is 0.416 e. The van der Waals surface area contributed by atoms with Crippen molar-refractivity contribution in [2.24, 2.45) is 5.73 Å². The van der Waals surface area contributed by atoms with Gasteiger partial charge in [-0.3, -0.25) is 0 Å². The van der Waals surface area contributed by atoms with Crippen molar-refractivity contribution in [3.8, 4) is 11.8 Å². The van der Waals surface area contributed by atoms with E-state index in [4.69, 9.17) is 10.5 Å². The first-order valence-corrected chi connectivity index (χ1v) is 12.2. The van der Waals surface area contributed by atoms with E-state index < -0.39 is 27.7 Å². The lowest BCUT2D eigenvalue weighted by molar-refractivity contribution is -0.137. The van der Waals surface area contributed by atoms with Crippen molar-refractivity contribution >= 4 is 20.9 Å². The molecule has 0 saturated heterocycles. The molecule has 4 aromatic rings. The first-order valence-electron chi connectivity index (χ1n) is 10.7. The van der Waals surface area contributed by atoms with Crippen LogP contribution in [0.2, 0.25) is 0 Å². The molecule has 1 aliphatic heterocycles. The minimum Gasteiger partial charge on any atom is -0.439 e. The molecule has 0 spiro atoms. The highest BCUT2D eigenvalue weighted by Gasteiger charge is 2.34. The van der Waals surface area contributed by atoms with Crippen LogP contribution in [-0.2, 0) is 16.2 Å². The smallest absolute Gasteiger partial charge is 0.416 e. The molecule has 1 atom stereocenters. The number of aromatic nitrogens is 1. The fourth-order valence-corrected chi connectivity index (χ4v) is 5.70. The van der Waals surface area contributed by atoms with Gasteiger partial charge in [-0.15, -0.1) is 0 Å². The topological polar surface area (TPSA) is 98.1 Å². The molecular formula is C26H18F3N3O3S. The predicted molar refractivity (Wildman–Crippen MR) is 126 cm³/mol. The van der Waals surface area contributed by atoms with Gasteiger partial charge >= 0.3 is 6.18 Å². The second-order valence-electron chi connectivity index (χ2n) is 8.39. The minimum absolute atomic E-state index is 0.0494. The molecule has 1 unspecified atom stereocenters. The molecule has 0 saturated carbocycles. The van der Waals surface area contributed by atoms with E-state index in [0.29, 0.717) is 22.0 Å². The Hall–Kier alpha value is -4.23. The standard InChI is InChI=1S/C26H18F3N3O3S/c1-15-2-8-18(9-3-15)36(33,34)32-13-12-19-22(32)11-10-20-23(21(14-30)25(31)35-24(19)20)16-4-6-17(7-5-16)26(27,28)29/h2-13,23H,31H2,1H3. The van der Waals surface area contributed by atoms with Gasteiger partial charge in [-0.2, -0.15) is 18.4 Å². The summed E-state index contributed by atoms with van der Waals surface area (Å²) < 4.78 is 72.7. The molecule has 10 heteroatoms. The number of nitrogens with two attached hydrogens (primary N) is 1. The van der Waals surface area contributed by atoms with Gasteiger partial charge in [0, 0.05) is 17.1 Å². The summed E-state index contributed by atoms with van der Waals surface area (Å²) in [6.07, 6.45) is -3.10. The number of allylic oxidation sites excluding steroid dienone is 1. The quantitative estimate of drug-likeness (QED) is 0.398. The number of fused-ring (bicyclic) bond motifs is 3. The van der Waals surface area contributed by atoms with Crippen LogP contribution in [0.1, 0.15) is 28.2 Å². The van der Waals surface area contributed by atoms with Crippen molar-refractivity contribution in [2.75, 3.05) is 0 Å². The summed E-state index contributed by atoms with van der Waals surface area (Å²) in [4.78, 5) is 0.109. The zero-order valence-electron chi connectivity index (χ0n) is 18.7. The molecule has 0 amide bonds. The van der Waals surface area contributed by atoms with Crippen LogP contribution in [0, 0.1) is 18.3 Å². The number of hydrogen-bond acceptors (Lipinski definition) is 5. The summed E-state index contributed by atoms with van der Waals surface area (Å²) in [5.41, 5.74) is 7.43. The summed E-state index contributed by atoms with van der Waals surface area (Å²) in [5, 5.41) is 10.2. The second-order valence-corrected chi connectivity index (χ2v) is 10.2. The van der Waals surface area contributed by atoms with E-state index in [1.54, 1.807) is 30.3 Å². The molecule has 1 aliphatic rings. The molecule has 0 fully saturated rings. The highest BCUT2D eigenvalue weighted by atomic mass is 32.2. The van der Waals surface area contributed by atoms with Crippen molar-refractivity contribution in [1.82, 2.24) is 3.97 Å². The first-order chi connectivity index (χ1) is 17.0. The van der Waals surface area contributed by atoms with Crippen LogP contribution in [-0.4, -0.2) is 12.4 Å². The van der Waals surface area contributed by atoms with Crippen molar-refractivity contribution in [3.63, 3.8) is 0 Å². The zero-order valence-corrected chi connectivity index (χ0v) is 19.6. The van der Waals surface area contributed by atoms with Crippen LogP contribution < -0.4 is 10.5 Å². The fourth-order valence-electron chi connectivity index (χ4n) is 4.35. The number of halogens is 3. The second kappa shape index (κ2) is 8.17. The first kappa shape index (κ1) is 23.5. The van der Waals surface area contributed by atoms with E-state index in [1.165, 1.54) is 30.5 Å². The third-order valence-electron chi connectivity index (χ3n) is 6.16. The molecule has 1 aromatic heterocycles. The molecule has 0 bridgehead atoms. The summed E-state index contributed by atoms with van der Waals surface area (Å²) in [6, 6.07) is 17.7. The summed E-state index contributed by atoms with van der Waals surface area (Å²) in [5.74, 6) is -0.745. The number of nitrogens with zero attached hydrogens (tertiary/aromatic N) is 2. The number of nitriles is 1. The molecule has 36 heavy (non-hydrogen) atoms. The molecule has 2 N–H and O–H groups in total. The normalized spacial score (nSPS) is 15.9. The monoisotopic (exact) mass is 509 g/mol. The van der Waals surface area contributed by atoms with Gasteiger partial charge in [0.15, 0.2) is 0 Å². The summed E-state index contributed by atoms with van der Waals surface area (Å²) in [7, 11) is -3.92. The van der Waals surface area contributed by atoms with Crippen molar-refractivity contribution < 1.29 is 26.3 Å². The van der Waals surface area contributed by atoms with Crippen LogP contribution in [0.3, 0.4) is 0 Å². The van der Waals surface area contributed by atoms with E-state index in [2.05, 4.69) is 0 Å². The van der Waals surface area contributed by atoms with Gasteiger partial charge in [-0.1, -0.05) is 35.9 Å². The van der Waals surface area contributed by atoms with Crippen LogP contribution in [0.15, 0.2) is 89.3 Å². The number of benzene rings is 3. The SMILES string of the molecule is Cc1ccc(S(=O)(=O)n2ccc3c4c(ccc32)C(c2ccc(C(F)(F)F)cc2)C(C#N)=C(N)O4)cc1. The van der Waals surface area contributed by atoms with Crippen molar-refractivity contribution in [1.29, 1.82) is 5.26 Å². The maximum atomic E-state index is 13.3. The van der Waals surface area contributed by atoms with Gasteiger partial charge in [-0.05, 0) is 48.9 Å². The van der Waals surface area contributed by atoms with Crippen molar-refractivity contribution in [2.45, 2.75) is 23.9 Å². The Morgan fingerprint density at radius 3 is 2.28 bits per heavy atom. The van der Waals surface area contributed by atoms with Gasteiger partial charge < -0.3 is 10.5 Å². The molecule has 0 aliphatic carbocycles. The van der Waals surface area contributed by atoms with Gasteiger partial charge in [0.2, 0.25) is 5.88 Å². The number of ether oxygens (including phenoxy) is 1. The third-order valence-corrected chi connectivity index (χ3v) is 7.87. The van der Waals surface area contributed by atoms with Crippen LogP contribution >= 0.6 is 0 Å². The Balaban J connectivity index is 1.66. The fraction of sp³-hybridized carbons (Fsp3) is 0.115. The van der Waals surface area contributed by atoms with E-state index in [-0.39, 0.29) is 22.1 Å². The molecule has 6 nitrogen and oxygen atoms in total.